The molecule has 0 unspecified atom stereocenters. The molecule has 0 saturated carbocycles. The van der Waals surface area contributed by atoms with E-state index in [4.69, 9.17) is 0 Å². The van der Waals surface area contributed by atoms with Crippen LogP contribution in [-0.2, 0) is 23.8 Å². The standard InChI is InChI=1S/C10H21N5O2S/c1-11-6-4-8-14(2)18(16,17)13-9-10-5-7-12-15(10)3/h5,7,11,13H,4,6,8-9H2,1-3H3. The molecule has 0 aliphatic rings. The fraction of sp³-hybridized carbons (Fsp3) is 0.700. The van der Waals surface area contributed by atoms with Crippen LogP contribution in [0.4, 0.5) is 0 Å². The molecule has 0 bridgehead atoms. The molecule has 0 fully saturated rings. The summed E-state index contributed by atoms with van der Waals surface area (Å²) in [6, 6.07) is 1.78. The van der Waals surface area contributed by atoms with Crippen molar-refractivity contribution in [3.63, 3.8) is 0 Å². The lowest BCUT2D eigenvalue weighted by molar-refractivity contribution is 0.446. The number of hydrogen-bond donors (Lipinski definition) is 2. The molecule has 0 amide bonds. The van der Waals surface area contributed by atoms with E-state index >= 15 is 0 Å². The van der Waals surface area contributed by atoms with Gasteiger partial charge in [-0.25, -0.2) is 0 Å². The molecule has 104 valence electrons. The first kappa shape index (κ1) is 15.1. The van der Waals surface area contributed by atoms with Crippen LogP contribution in [0.25, 0.3) is 0 Å². The van der Waals surface area contributed by atoms with E-state index in [-0.39, 0.29) is 6.54 Å². The molecule has 7 nitrogen and oxygen atoms in total. The van der Waals surface area contributed by atoms with Gasteiger partial charge in [-0.05, 0) is 26.1 Å². The van der Waals surface area contributed by atoms with Gasteiger partial charge >= 0.3 is 0 Å². The van der Waals surface area contributed by atoms with Crippen LogP contribution >= 0.6 is 0 Å². The zero-order valence-electron chi connectivity index (χ0n) is 11.0. The van der Waals surface area contributed by atoms with E-state index < -0.39 is 10.2 Å². The Balaban J connectivity index is 2.46. The number of aryl methyl sites for hydroxylation is 1. The highest BCUT2D eigenvalue weighted by atomic mass is 32.2. The molecule has 0 aliphatic heterocycles. The topological polar surface area (TPSA) is 79.3 Å². The van der Waals surface area contributed by atoms with Crippen molar-refractivity contribution in [3.8, 4) is 0 Å². The van der Waals surface area contributed by atoms with Crippen molar-refractivity contribution >= 4 is 10.2 Å². The first-order valence-electron chi connectivity index (χ1n) is 5.80. The summed E-state index contributed by atoms with van der Waals surface area (Å²) in [5.41, 5.74) is 0.821. The van der Waals surface area contributed by atoms with Crippen LogP contribution in [0.1, 0.15) is 12.1 Å². The van der Waals surface area contributed by atoms with Crippen molar-refractivity contribution in [3.05, 3.63) is 18.0 Å². The molecule has 2 N–H and O–H groups in total. The average molecular weight is 275 g/mol. The van der Waals surface area contributed by atoms with Crippen molar-refractivity contribution in [2.75, 3.05) is 27.2 Å². The molecule has 1 rings (SSSR count). The zero-order chi connectivity index (χ0) is 13.6. The van der Waals surface area contributed by atoms with Gasteiger partial charge in [-0.1, -0.05) is 0 Å². The first-order valence-corrected chi connectivity index (χ1v) is 7.24. The first-order chi connectivity index (χ1) is 8.47. The second-order valence-corrected chi connectivity index (χ2v) is 5.91. The van der Waals surface area contributed by atoms with Crippen LogP contribution in [-0.4, -0.2) is 49.7 Å². The van der Waals surface area contributed by atoms with Crippen LogP contribution in [0.15, 0.2) is 12.3 Å². The van der Waals surface area contributed by atoms with E-state index in [1.807, 2.05) is 7.05 Å². The van der Waals surface area contributed by atoms with Crippen molar-refractivity contribution in [1.29, 1.82) is 0 Å². The summed E-state index contributed by atoms with van der Waals surface area (Å²) in [4.78, 5) is 0. The number of aromatic nitrogens is 2. The fourth-order valence-corrected chi connectivity index (χ4v) is 2.37. The van der Waals surface area contributed by atoms with Crippen molar-refractivity contribution in [2.24, 2.45) is 7.05 Å². The summed E-state index contributed by atoms with van der Waals surface area (Å²) in [7, 11) is 1.77. The molecule has 8 heteroatoms. The predicted molar refractivity (Wildman–Crippen MR) is 70.1 cm³/mol. The van der Waals surface area contributed by atoms with Crippen LogP contribution in [0.5, 0.6) is 0 Å². The van der Waals surface area contributed by atoms with Gasteiger partial charge in [-0.3, -0.25) is 4.68 Å². The Morgan fingerprint density at radius 1 is 1.50 bits per heavy atom. The Morgan fingerprint density at radius 3 is 2.78 bits per heavy atom. The van der Waals surface area contributed by atoms with Gasteiger partial charge in [0.2, 0.25) is 0 Å². The third-order valence-corrected chi connectivity index (χ3v) is 4.18. The zero-order valence-corrected chi connectivity index (χ0v) is 11.9. The highest BCUT2D eigenvalue weighted by Crippen LogP contribution is 2.00. The third-order valence-electron chi connectivity index (χ3n) is 2.67. The Hall–Kier alpha value is -0.960. The number of hydrogen-bond acceptors (Lipinski definition) is 4. The monoisotopic (exact) mass is 275 g/mol. The Labute approximate surface area is 108 Å². The third kappa shape index (κ3) is 4.37. The normalized spacial score (nSPS) is 12.2. The highest BCUT2D eigenvalue weighted by Gasteiger charge is 2.16. The lowest BCUT2D eigenvalue weighted by atomic mass is 10.4. The fourth-order valence-electron chi connectivity index (χ4n) is 1.45. The van der Waals surface area contributed by atoms with Gasteiger partial charge in [-0.2, -0.15) is 22.5 Å². The predicted octanol–water partition coefficient (Wildman–Crippen LogP) is -0.704. The average Bonchev–Trinajstić information content (AvgIpc) is 2.72. The molecule has 0 atom stereocenters. The molecule has 1 aromatic heterocycles. The van der Waals surface area contributed by atoms with Gasteiger partial charge in [0.05, 0.1) is 12.2 Å². The van der Waals surface area contributed by atoms with Gasteiger partial charge in [0.1, 0.15) is 0 Å². The molecule has 1 aromatic rings. The van der Waals surface area contributed by atoms with Crippen molar-refractivity contribution in [2.45, 2.75) is 13.0 Å². The van der Waals surface area contributed by atoms with Crippen LogP contribution in [0.2, 0.25) is 0 Å². The van der Waals surface area contributed by atoms with Crippen molar-refractivity contribution in [1.82, 2.24) is 24.1 Å². The summed E-state index contributed by atoms with van der Waals surface area (Å²) < 4.78 is 29.3. The van der Waals surface area contributed by atoms with Crippen molar-refractivity contribution < 1.29 is 8.42 Å². The smallest absolute Gasteiger partial charge is 0.279 e. The maximum atomic E-state index is 11.9. The molecular formula is C10H21N5O2S. The summed E-state index contributed by atoms with van der Waals surface area (Å²) in [5, 5.41) is 6.97. The Morgan fingerprint density at radius 2 is 2.22 bits per heavy atom. The van der Waals surface area contributed by atoms with Gasteiger partial charge < -0.3 is 5.32 Å². The highest BCUT2D eigenvalue weighted by molar-refractivity contribution is 7.87. The maximum absolute atomic E-state index is 11.9. The molecule has 1 heterocycles. The minimum atomic E-state index is -3.42. The minimum absolute atomic E-state index is 0.245. The largest absolute Gasteiger partial charge is 0.320 e. The van der Waals surface area contributed by atoms with E-state index in [2.05, 4.69) is 15.1 Å². The molecule has 0 aromatic carbocycles. The number of nitrogens with zero attached hydrogens (tertiary/aromatic N) is 3. The summed E-state index contributed by atoms with van der Waals surface area (Å²) >= 11 is 0. The number of nitrogens with one attached hydrogen (secondary N) is 2. The summed E-state index contributed by atoms with van der Waals surface area (Å²) in [5.74, 6) is 0. The molecule has 0 radical (unpaired) electrons. The summed E-state index contributed by atoms with van der Waals surface area (Å²) in [6.07, 6.45) is 2.42. The Kier molecular flexibility index (Phi) is 5.73. The van der Waals surface area contributed by atoms with E-state index in [0.29, 0.717) is 6.54 Å². The van der Waals surface area contributed by atoms with Gasteiger partial charge in [0.15, 0.2) is 0 Å². The van der Waals surface area contributed by atoms with E-state index in [1.165, 1.54) is 4.31 Å². The van der Waals surface area contributed by atoms with Gasteiger partial charge in [0, 0.05) is 26.8 Å². The van der Waals surface area contributed by atoms with Crippen LogP contribution in [0, 0.1) is 0 Å². The molecule has 0 saturated heterocycles. The van der Waals surface area contributed by atoms with Gasteiger partial charge in [-0.15, -0.1) is 0 Å². The van der Waals surface area contributed by atoms with E-state index in [1.54, 1.807) is 31.0 Å². The maximum Gasteiger partial charge on any atom is 0.279 e. The van der Waals surface area contributed by atoms with Gasteiger partial charge in [0.25, 0.3) is 10.2 Å². The second-order valence-electron chi connectivity index (χ2n) is 4.05. The Bertz CT molecular complexity index is 457. The van der Waals surface area contributed by atoms with Crippen LogP contribution < -0.4 is 10.0 Å². The lowest BCUT2D eigenvalue weighted by Gasteiger charge is -2.17. The van der Waals surface area contributed by atoms with Crippen LogP contribution in [0.3, 0.4) is 0 Å². The number of rotatable bonds is 8. The van der Waals surface area contributed by atoms with E-state index in [9.17, 15) is 8.42 Å². The lowest BCUT2D eigenvalue weighted by Crippen LogP contribution is -2.39. The minimum Gasteiger partial charge on any atom is -0.320 e. The molecule has 18 heavy (non-hydrogen) atoms. The second kappa shape index (κ2) is 6.83. The molecular weight excluding hydrogens is 254 g/mol. The quantitative estimate of drug-likeness (QED) is 0.615. The molecule has 0 spiro atoms. The summed E-state index contributed by atoms with van der Waals surface area (Å²) in [6.45, 7) is 1.53. The molecule has 0 aliphatic carbocycles. The van der Waals surface area contributed by atoms with E-state index in [0.717, 1.165) is 18.7 Å². The SMILES string of the molecule is CNCCCN(C)S(=O)(=O)NCc1ccnn1C.